The zero-order valence-corrected chi connectivity index (χ0v) is 16.2. The van der Waals surface area contributed by atoms with Crippen LogP contribution in [0.15, 0.2) is 48.5 Å². The van der Waals surface area contributed by atoms with E-state index in [9.17, 15) is 4.79 Å². The van der Waals surface area contributed by atoms with E-state index in [1.807, 2.05) is 42.5 Å². The van der Waals surface area contributed by atoms with E-state index in [0.29, 0.717) is 32.2 Å². The molecule has 6 nitrogen and oxygen atoms in total. The maximum absolute atomic E-state index is 11.8. The molecule has 2 rings (SSSR count). The number of urea groups is 1. The van der Waals surface area contributed by atoms with Crippen LogP contribution in [0.1, 0.15) is 25.3 Å². The Kier molecular flexibility index (Phi) is 8.29. The van der Waals surface area contributed by atoms with Crippen molar-refractivity contribution in [2.75, 3.05) is 33.4 Å². The third-order valence-corrected chi connectivity index (χ3v) is 3.90. The lowest BCUT2D eigenvalue weighted by molar-refractivity contribution is 0.232. The molecule has 0 radical (unpaired) electrons. The lowest BCUT2D eigenvalue weighted by Gasteiger charge is -2.14. The SMILES string of the molecule is COc1ccc(OCCNC(=O)NCCOc2ccccc2C(C)C)cc1. The first-order valence-corrected chi connectivity index (χ1v) is 9.10. The molecule has 2 amide bonds. The molecule has 0 unspecified atom stereocenters. The molecule has 2 N–H and O–H groups in total. The lowest BCUT2D eigenvalue weighted by atomic mass is 10.0. The van der Waals surface area contributed by atoms with Crippen molar-refractivity contribution in [3.63, 3.8) is 0 Å². The molecule has 2 aromatic rings. The van der Waals surface area contributed by atoms with Crippen molar-refractivity contribution < 1.29 is 19.0 Å². The van der Waals surface area contributed by atoms with E-state index >= 15 is 0 Å². The Labute approximate surface area is 160 Å². The van der Waals surface area contributed by atoms with Gasteiger partial charge in [0.2, 0.25) is 0 Å². The Bertz CT molecular complexity index is 702. The van der Waals surface area contributed by atoms with Crippen molar-refractivity contribution in [2.24, 2.45) is 0 Å². The normalized spacial score (nSPS) is 10.4. The van der Waals surface area contributed by atoms with Crippen LogP contribution in [0.3, 0.4) is 0 Å². The molecular formula is C21H28N2O4. The van der Waals surface area contributed by atoms with Crippen molar-refractivity contribution in [3.05, 3.63) is 54.1 Å². The summed E-state index contributed by atoms with van der Waals surface area (Å²) in [5, 5.41) is 5.52. The Morgan fingerprint density at radius 1 is 0.889 bits per heavy atom. The van der Waals surface area contributed by atoms with Crippen LogP contribution in [-0.2, 0) is 0 Å². The summed E-state index contributed by atoms with van der Waals surface area (Å²) in [5.74, 6) is 2.76. The van der Waals surface area contributed by atoms with Gasteiger partial charge < -0.3 is 24.8 Å². The van der Waals surface area contributed by atoms with Crippen LogP contribution in [0.25, 0.3) is 0 Å². The summed E-state index contributed by atoms with van der Waals surface area (Å²) in [4.78, 5) is 11.8. The summed E-state index contributed by atoms with van der Waals surface area (Å²) >= 11 is 0. The van der Waals surface area contributed by atoms with Crippen molar-refractivity contribution in [2.45, 2.75) is 19.8 Å². The molecule has 27 heavy (non-hydrogen) atoms. The third kappa shape index (κ3) is 7.09. The molecule has 0 aliphatic rings. The predicted molar refractivity (Wildman–Crippen MR) is 106 cm³/mol. The third-order valence-electron chi connectivity index (χ3n) is 3.90. The van der Waals surface area contributed by atoms with Gasteiger partial charge in [-0.25, -0.2) is 4.79 Å². The molecule has 0 saturated carbocycles. The van der Waals surface area contributed by atoms with Crippen LogP contribution < -0.4 is 24.8 Å². The van der Waals surface area contributed by atoms with Crippen LogP contribution in [-0.4, -0.2) is 39.4 Å². The molecule has 0 bridgehead atoms. The summed E-state index contributed by atoms with van der Waals surface area (Å²) in [6.45, 7) is 5.90. The first-order chi connectivity index (χ1) is 13.1. The molecule has 0 aromatic heterocycles. The number of para-hydroxylation sites is 1. The van der Waals surface area contributed by atoms with Gasteiger partial charge in [0.1, 0.15) is 30.5 Å². The number of rotatable bonds is 10. The second-order valence-electron chi connectivity index (χ2n) is 6.25. The van der Waals surface area contributed by atoms with Gasteiger partial charge >= 0.3 is 6.03 Å². The van der Waals surface area contributed by atoms with Gasteiger partial charge in [-0.3, -0.25) is 0 Å². The minimum absolute atomic E-state index is 0.242. The molecule has 0 aliphatic carbocycles. The highest BCUT2D eigenvalue weighted by molar-refractivity contribution is 5.73. The number of hydrogen-bond acceptors (Lipinski definition) is 4. The number of carbonyl (C=O) groups excluding carboxylic acids is 1. The largest absolute Gasteiger partial charge is 0.497 e. The summed E-state index contributed by atoms with van der Waals surface area (Å²) < 4.78 is 16.4. The summed E-state index contributed by atoms with van der Waals surface area (Å²) in [6, 6.07) is 15.0. The average molecular weight is 372 g/mol. The molecule has 0 spiro atoms. The number of hydrogen-bond donors (Lipinski definition) is 2. The summed E-state index contributed by atoms with van der Waals surface area (Å²) in [6.07, 6.45) is 0. The molecule has 0 saturated heterocycles. The van der Waals surface area contributed by atoms with Gasteiger partial charge in [-0.15, -0.1) is 0 Å². The summed E-state index contributed by atoms with van der Waals surface area (Å²) in [5.41, 5.74) is 1.16. The van der Waals surface area contributed by atoms with Crippen LogP contribution >= 0.6 is 0 Å². The van der Waals surface area contributed by atoms with E-state index < -0.39 is 0 Å². The Morgan fingerprint density at radius 2 is 1.48 bits per heavy atom. The highest BCUT2D eigenvalue weighted by Gasteiger charge is 2.07. The first-order valence-electron chi connectivity index (χ1n) is 9.10. The number of ether oxygens (including phenoxy) is 3. The zero-order valence-electron chi connectivity index (χ0n) is 16.2. The van der Waals surface area contributed by atoms with E-state index in [-0.39, 0.29) is 6.03 Å². The van der Waals surface area contributed by atoms with Crippen molar-refractivity contribution >= 4 is 6.03 Å². The number of benzene rings is 2. The Morgan fingerprint density at radius 3 is 2.11 bits per heavy atom. The van der Waals surface area contributed by atoms with Crippen LogP contribution in [0.2, 0.25) is 0 Å². The second kappa shape index (κ2) is 11.0. The van der Waals surface area contributed by atoms with Gasteiger partial charge in [-0.1, -0.05) is 32.0 Å². The van der Waals surface area contributed by atoms with E-state index in [1.165, 1.54) is 0 Å². The highest BCUT2D eigenvalue weighted by atomic mass is 16.5. The molecule has 0 atom stereocenters. The minimum atomic E-state index is -0.242. The van der Waals surface area contributed by atoms with E-state index in [2.05, 4.69) is 30.5 Å². The van der Waals surface area contributed by atoms with E-state index in [4.69, 9.17) is 14.2 Å². The topological polar surface area (TPSA) is 68.8 Å². The van der Waals surface area contributed by atoms with E-state index in [1.54, 1.807) is 7.11 Å². The molecule has 0 aliphatic heterocycles. The fourth-order valence-electron chi connectivity index (χ4n) is 2.48. The fraction of sp³-hybridized carbons (Fsp3) is 0.381. The fourth-order valence-corrected chi connectivity index (χ4v) is 2.48. The summed E-state index contributed by atoms with van der Waals surface area (Å²) in [7, 11) is 1.62. The van der Waals surface area contributed by atoms with Crippen LogP contribution in [0.4, 0.5) is 4.79 Å². The molecular weight excluding hydrogens is 344 g/mol. The zero-order chi connectivity index (χ0) is 19.5. The predicted octanol–water partition coefficient (Wildman–Crippen LogP) is 3.58. The smallest absolute Gasteiger partial charge is 0.315 e. The van der Waals surface area contributed by atoms with Gasteiger partial charge in [0.05, 0.1) is 20.2 Å². The quantitative estimate of drug-likeness (QED) is 0.626. The maximum atomic E-state index is 11.8. The number of methoxy groups -OCH3 is 1. The molecule has 0 heterocycles. The molecule has 146 valence electrons. The molecule has 0 fully saturated rings. The first kappa shape index (κ1) is 20.4. The second-order valence-corrected chi connectivity index (χ2v) is 6.25. The Hall–Kier alpha value is -2.89. The van der Waals surface area contributed by atoms with Gasteiger partial charge in [-0.2, -0.15) is 0 Å². The van der Waals surface area contributed by atoms with E-state index in [0.717, 1.165) is 22.8 Å². The van der Waals surface area contributed by atoms with Gasteiger partial charge in [0, 0.05) is 0 Å². The number of nitrogens with one attached hydrogen (secondary N) is 2. The van der Waals surface area contributed by atoms with Crippen molar-refractivity contribution in [3.8, 4) is 17.2 Å². The standard InChI is InChI=1S/C21H28N2O4/c1-16(2)19-6-4-5-7-20(19)27-15-13-23-21(24)22-12-14-26-18-10-8-17(25-3)9-11-18/h4-11,16H,12-15H2,1-3H3,(H2,22,23,24). The van der Waals surface area contributed by atoms with Crippen molar-refractivity contribution in [1.82, 2.24) is 10.6 Å². The number of amides is 2. The van der Waals surface area contributed by atoms with Gasteiger partial charge in [-0.05, 0) is 41.8 Å². The monoisotopic (exact) mass is 372 g/mol. The van der Waals surface area contributed by atoms with Gasteiger partial charge in [0.25, 0.3) is 0 Å². The van der Waals surface area contributed by atoms with Crippen LogP contribution in [0, 0.1) is 0 Å². The lowest BCUT2D eigenvalue weighted by Crippen LogP contribution is -2.39. The molecule has 2 aromatic carbocycles. The van der Waals surface area contributed by atoms with Crippen LogP contribution in [0.5, 0.6) is 17.2 Å². The van der Waals surface area contributed by atoms with Crippen molar-refractivity contribution in [1.29, 1.82) is 0 Å². The average Bonchev–Trinajstić information content (AvgIpc) is 2.69. The minimum Gasteiger partial charge on any atom is -0.497 e. The molecule has 6 heteroatoms. The Balaban J connectivity index is 1.58. The highest BCUT2D eigenvalue weighted by Crippen LogP contribution is 2.25. The van der Waals surface area contributed by atoms with Gasteiger partial charge in [0.15, 0.2) is 0 Å². The number of carbonyl (C=O) groups is 1. The maximum Gasteiger partial charge on any atom is 0.315 e.